The number of nitrogens with two attached hydrogens (primary N) is 1. The van der Waals surface area contributed by atoms with E-state index in [1.54, 1.807) is 6.20 Å². The van der Waals surface area contributed by atoms with E-state index in [1.807, 2.05) is 6.92 Å². The summed E-state index contributed by atoms with van der Waals surface area (Å²) in [5, 5.41) is 5.04. The van der Waals surface area contributed by atoms with Gasteiger partial charge in [0.25, 0.3) is 0 Å². The molecule has 1 fully saturated rings. The highest BCUT2D eigenvalue weighted by Gasteiger charge is 2.26. The van der Waals surface area contributed by atoms with Crippen LogP contribution in [0.4, 0.5) is 0 Å². The maximum absolute atomic E-state index is 6.11. The van der Waals surface area contributed by atoms with Crippen molar-refractivity contribution < 1.29 is 4.52 Å². The van der Waals surface area contributed by atoms with Gasteiger partial charge in [-0.2, -0.15) is 0 Å². The molecule has 0 aliphatic carbocycles. The Hall–Kier alpha value is -1.46. The van der Waals surface area contributed by atoms with Gasteiger partial charge in [0.15, 0.2) is 0 Å². The Bertz CT molecular complexity index is 555. The summed E-state index contributed by atoms with van der Waals surface area (Å²) in [7, 11) is 2.12. The van der Waals surface area contributed by atoms with Crippen molar-refractivity contribution in [2.45, 2.75) is 25.3 Å². The summed E-state index contributed by atoms with van der Waals surface area (Å²) in [6, 6.07) is 2.31. The van der Waals surface area contributed by atoms with Crippen molar-refractivity contribution in [1.29, 1.82) is 0 Å². The van der Waals surface area contributed by atoms with E-state index in [0.717, 1.165) is 30.7 Å². The monoisotopic (exact) mass is 246 g/mol. The lowest BCUT2D eigenvalue weighted by Crippen LogP contribution is -2.44. The molecule has 0 aromatic carbocycles. The van der Waals surface area contributed by atoms with E-state index in [9.17, 15) is 0 Å². The van der Waals surface area contributed by atoms with Gasteiger partial charge < -0.3 is 15.2 Å². The Morgan fingerprint density at radius 1 is 1.44 bits per heavy atom. The minimum Gasteiger partial charge on any atom is -0.359 e. The van der Waals surface area contributed by atoms with Crippen LogP contribution in [0.3, 0.4) is 0 Å². The van der Waals surface area contributed by atoms with Gasteiger partial charge in [-0.25, -0.2) is 4.98 Å². The first-order chi connectivity index (χ1) is 8.65. The van der Waals surface area contributed by atoms with Crippen LogP contribution in [0.2, 0.25) is 0 Å². The summed E-state index contributed by atoms with van der Waals surface area (Å²) < 4.78 is 5.24. The number of pyridine rings is 1. The molecule has 5 nitrogen and oxygen atoms in total. The quantitative estimate of drug-likeness (QED) is 0.821. The topological polar surface area (TPSA) is 68.2 Å². The number of rotatable bonds is 1. The van der Waals surface area contributed by atoms with Gasteiger partial charge in [-0.1, -0.05) is 5.16 Å². The van der Waals surface area contributed by atoms with Crippen LogP contribution in [-0.4, -0.2) is 41.2 Å². The molecule has 1 aliphatic rings. The fourth-order valence-corrected chi connectivity index (χ4v) is 2.98. The smallest absolute Gasteiger partial charge is 0.203 e. The normalized spacial score (nSPS) is 25.7. The van der Waals surface area contributed by atoms with Gasteiger partial charge >= 0.3 is 0 Å². The second-order valence-corrected chi connectivity index (χ2v) is 5.25. The van der Waals surface area contributed by atoms with Crippen LogP contribution >= 0.6 is 0 Å². The molecule has 18 heavy (non-hydrogen) atoms. The first-order valence-corrected chi connectivity index (χ1v) is 6.30. The summed E-state index contributed by atoms with van der Waals surface area (Å²) in [5.41, 5.74) is 8.08. The molecule has 0 bridgehead atoms. The van der Waals surface area contributed by atoms with Crippen LogP contribution in [0.15, 0.2) is 16.8 Å². The molecule has 5 heteroatoms. The van der Waals surface area contributed by atoms with Crippen molar-refractivity contribution in [3.63, 3.8) is 0 Å². The van der Waals surface area contributed by atoms with E-state index in [4.69, 9.17) is 10.3 Å². The fraction of sp³-hybridized carbons (Fsp3) is 0.538. The lowest BCUT2D eigenvalue weighted by molar-refractivity contribution is 0.227. The summed E-state index contributed by atoms with van der Waals surface area (Å²) in [6.45, 7) is 3.93. The van der Waals surface area contributed by atoms with E-state index in [0.29, 0.717) is 11.6 Å². The summed E-state index contributed by atoms with van der Waals surface area (Å²) in [4.78, 5) is 6.53. The fourth-order valence-electron chi connectivity index (χ4n) is 2.98. The molecular weight excluding hydrogens is 228 g/mol. The summed E-state index contributed by atoms with van der Waals surface area (Å²) in [6.07, 6.45) is 2.81. The van der Waals surface area contributed by atoms with E-state index >= 15 is 0 Å². The third kappa shape index (κ3) is 1.89. The molecule has 0 saturated carbocycles. The molecule has 1 saturated heterocycles. The van der Waals surface area contributed by atoms with Gasteiger partial charge in [-0.15, -0.1) is 0 Å². The lowest BCUT2D eigenvalue weighted by atomic mass is 9.87. The van der Waals surface area contributed by atoms with Crippen molar-refractivity contribution in [2.24, 2.45) is 5.73 Å². The van der Waals surface area contributed by atoms with Gasteiger partial charge in [0, 0.05) is 25.3 Å². The molecule has 2 unspecified atom stereocenters. The van der Waals surface area contributed by atoms with E-state index in [-0.39, 0.29) is 6.04 Å². The average molecular weight is 246 g/mol. The Balaban J connectivity index is 2.05. The molecule has 2 aromatic rings. The molecule has 0 amide bonds. The van der Waals surface area contributed by atoms with Gasteiger partial charge in [0.1, 0.15) is 5.76 Å². The maximum atomic E-state index is 6.11. The standard InChI is InChI=1S/C13H18N4O/c1-8-12-11(3-4-15-13(12)16-18-8)9-5-10(14)7-17(2)6-9/h3-4,9-10H,5-7,14H2,1-2H3. The molecule has 0 spiro atoms. The van der Waals surface area contributed by atoms with Crippen LogP contribution in [-0.2, 0) is 0 Å². The zero-order valence-corrected chi connectivity index (χ0v) is 10.8. The van der Waals surface area contributed by atoms with Crippen LogP contribution < -0.4 is 5.73 Å². The second-order valence-electron chi connectivity index (χ2n) is 5.25. The third-order valence-electron chi connectivity index (χ3n) is 3.69. The predicted molar refractivity (Wildman–Crippen MR) is 69.4 cm³/mol. The number of fused-ring (bicyclic) bond motifs is 1. The molecular formula is C13H18N4O. The number of likely N-dealkylation sites (N-methyl/N-ethyl adjacent to an activating group) is 1. The van der Waals surface area contributed by atoms with E-state index in [1.165, 1.54) is 5.56 Å². The van der Waals surface area contributed by atoms with Gasteiger partial charge in [0.2, 0.25) is 5.65 Å². The predicted octanol–water partition coefficient (Wildman–Crippen LogP) is 1.28. The largest absolute Gasteiger partial charge is 0.359 e. The molecule has 1 aliphatic heterocycles. The molecule has 96 valence electrons. The van der Waals surface area contributed by atoms with Crippen LogP contribution in [0.1, 0.15) is 23.7 Å². The van der Waals surface area contributed by atoms with Crippen molar-refractivity contribution in [3.8, 4) is 0 Å². The molecule has 3 rings (SSSR count). The average Bonchev–Trinajstić information content (AvgIpc) is 2.70. The highest BCUT2D eigenvalue weighted by atomic mass is 16.5. The highest BCUT2D eigenvalue weighted by Crippen LogP contribution is 2.32. The lowest BCUT2D eigenvalue weighted by Gasteiger charge is -2.34. The Labute approximate surface area is 106 Å². The molecule has 2 aromatic heterocycles. The van der Waals surface area contributed by atoms with Gasteiger partial charge in [0.05, 0.1) is 5.39 Å². The maximum Gasteiger partial charge on any atom is 0.203 e. The minimum absolute atomic E-state index is 0.233. The first kappa shape index (κ1) is 11.6. The SMILES string of the molecule is Cc1onc2nccc(C3CC(N)CN(C)C3)c12. The molecule has 3 heterocycles. The van der Waals surface area contributed by atoms with Crippen molar-refractivity contribution >= 4 is 11.0 Å². The number of hydrogen-bond donors (Lipinski definition) is 1. The number of piperidine rings is 1. The van der Waals surface area contributed by atoms with Crippen molar-refractivity contribution in [2.75, 3.05) is 20.1 Å². The second kappa shape index (κ2) is 4.33. The number of likely N-dealkylation sites (tertiary alicyclic amines) is 1. The third-order valence-corrected chi connectivity index (χ3v) is 3.69. The Morgan fingerprint density at radius 2 is 2.28 bits per heavy atom. The zero-order valence-electron chi connectivity index (χ0n) is 10.8. The van der Waals surface area contributed by atoms with Gasteiger partial charge in [-0.05, 0) is 37.9 Å². The zero-order chi connectivity index (χ0) is 12.7. The summed E-state index contributed by atoms with van der Waals surface area (Å²) in [5.74, 6) is 1.28. The van der Waals surface area contributed by atoms with Crippen LogP contribution in [0.5, 0.6) is 0 Å². The molecule has 0 radical (unpaired) electrons. The highest BCUT2D eigenvalue weighted by molar-refractivity contribution is 5.81. The van der Waals surface area contributed by atoms with Crippen molar-refractivity contribution in [3.05, 3.63) is 23.6 Å². The van der Waals surface area contributed by atoms with Gasteiger partial charge in [-0.3, -0.25) is 0 Å². The summed E-state index contributed by atoms with van der Waals surface area (Å²) >= 11 is 0. The number of aryl methyl sites for hydroxylation is 1. The molecule has 2 N–H and O–H groups in total. The Kier molecular flexibility index (Phi) is 2.80. The van der Waals surface area contributed by atoms with Crippen LogP contribution in [0.25, 0.3) is 11.0 Å². The number of nitrogens with zero attached hydrogens (tertiary/aromatic N) is 3. The minimum atomic E-state index is 0.233. The Morgan fingerprint density at radius 3 is 3.06 bits per heavy atom. The number of hydrogen-bond acceptors (Lipinski definition) is 5. The van der Waals surface area contributed by atoms with Crippen molar-refractivity contribution in [1.82, 2.24) is 15.0 Å². The first-order valence-electron chi connectivity index (χ1n) is 6.30. The van der Waals surface area contributed by atoms with E-state index in [2.05, 4.69) is 28.2 Å². The number of aromatic nitrogens is 2. The molecule has 2 atom stereocenters. The van der Waals surface area contributed by atoms with E-state index < -0.39 is 0 Å². The van der Waals surface area contributed by atoms with Crippen LogP contribution in [0, 0.1) is 6.92 Å².